The number of carbonyl (C=O) groups excluding carboxylic acids is 1. The molecule has 1 N–H and O–H groups in total. The first-order valence-electron chi connectivity index (χ1n) is 8.40. The third kappa shape index (κ3) is 5.14. The number of ether oxygens (including phenoxy) is 1. The number of aromatic nitrogens is 2. The number of non-ortho nitro benzene ring substituents is 1. The fraction of sp³-hybridized carbons (Fsp3) is 0.111. The summed E-state index contributed by atoms with van der Waals surface area (Å²) in [5, 5.41) is 17.4. The Balaban J connectivity index is 1.95. The summed E-state index contributed by atoms with van der Waals surface area (Å²) in [4.78, 5) is 23.2. The second kappa shape index (κ2) is 8.96. The van der Waals surface area contributed by atoms with Gasteiger partial charge in [0.25, 0.3) is 11.6 Å². The number of benzene rings is 2. The predicted octanol–water partition coefficient (Wildman–Crippen LogP) is 6.46. The molecular formula is C18H10BrCl2F3N4O4. The van der Waals surface area contributed by atoms with E-state index in [0.717, 1.165) is 23.9 Å². The van der Waals surface area contributed by atoms with Gasteiger partial charge in [-0.2, -0.15) is 18.3 Å². The van der Waals surface area contributed by atoms with E-state index in [1.165, 1.54) is 24.3 Å². The minimum Gasteiger partial charge on any atom is -0.455 e. The number of amides is 1. The minimum absolute atomic E-state index is 0.0567. The number of nitro groups is 1. The summed E-state index contributed by atoms with van der Waals surface area (Å²) in [5.41, 5.74) is -2.27. The molecule has 0 fully saturated rings. The quantitative estimate of drug-likeness (QED) is 0.289. The molecule has 0 spiro atoms. The van der Waals surface area contributed by atoms with Crippen LogP contribution in [0.2, 0.25) is 10.0 Å². The van der Waals surface area contributed by atoms with E-state index in [-0.39, 0.29) is 22.2 Å². The van der Waals surface area contributed by atoms with Crippen molar-refractivity contribution in [2.45, 2.75) is 6.18 Å². The molecule has 32 heavy (non-hydrogen) atoms. The summed E-state index contributed by atoms with van der Waals surface area (Å²) in [6, 6.07) is 7.67. The average molecular weight is 554 g/mol. The van der Waals surface area contributed by atoms with Gasteiger partial charge in [0.1, 0.15) is 17.2 Å². The normalized spacial score (nSPS) is 11.3. The van der Waals surface area contributed by atoms with Gasteiger partial charge in [0, 0.05) is 24.2 Å². The second-order valence-corrected chi connectivity index (χ2v) is 7.87. The van der Waals surface area contributed by atoms with Crippen LogP contribution in [0.25, 0.3) is 0 Å². The van der Waals surface area contributed by atoms with Crippen LogP contribution >= 0.6 is 39.1 Å². The zero-order chi connectivity index (χ0) is 23.8. The molecule has 14 heteroatoms. The smallest absolute Gasteiger partial charge is 0.436 e. The lowest BCUT2D eigenvalue weighted by atomic mass is 10.2. The van der Waals surface area contributed by atoms with Crippen LogP contribution in [0.3, 0.4) is 0 Å². The monoisotopic (exact) mass is 552 g/mol. The van der Waals surface area contributed by atoms with Crippen LogP contribution < -0.4 is 10.1 Å². The Hall–Kier alpha value is -2.83. The third-order valence-electron chi connectivity index (χ3n) is 3.95. The number of alkyl halides is 3. The second-order valence-electron chi connectivity index (χ2n) is 6.24. The maximum atomic E-state index is 13.0. The molecule has 168 valence electrons. The van der Waals surface area contributed by atoms with E-state index in [0.29, 0.717) is 5.02 Å². The predicted molar refractivity (Wildman–Crippen MR) is 113 cm³/mol. The molecule has 0 aliphatic rings. The van der Waals surface area contributed by atoms with E-state index >= 15 is 0 Å². The maximum absolute atomic E-state index is 13.0. The van der Waals surface area contributed by atoms with Gasteiger partial charge in [0.05, 0.1) is 26.2 Å². The first-order valence-corrected chi connectivity index (χ1v) is 9.95. The zero-order valence-electron chi connectivity index (χ0n) is 15.7. The van der Waals surface area contributed by atoms with Gasteiger partial charge >= 0.3 is 6.18 Å². The maximum Gasteiger partial charge on any atom is 0.436 e. The van der Waals surface area contributed by atoms with Crippen molar-refractivity contribution in [3.8, 4) is 11.5 Å². The molecule has 2 aromatic carbocycles. The number of nitrogens with one attached hydrogen (secondary N) is 1. The van der Waals surface area contributed by atoms with Crippen LogP contribution in [0, 0.1) is 10.1 Å². The SMILES string of the molecule is Cn1nc(C(F)(F)F)c(Br)c1C(=O)Nc1cc(Oc2ccc(Cl)cc2Cl)cc([N+](=O)[O-])c1. The lowest BCUT2D eigenvalue weighted by Gasteiger charge is -2.11. The summed E-state index contributed by atoms with van der Waals surface area (Å²) >= 11 is 14.6. The van der Waals surface area contributed by atoms with Crippen LogP contribution in [0.1, 0.15) is 16.2 Å². The number of hydrogen-bond acceptors (Lipinski definition) is 5. The lowest BCUT2D eigenvalue weighted by Crippen LogP contribution is -2.16. The van der Waals surface area contributed by atoms with Gasteiger partial charge < -0.3 is 10.1 Å². The standard InChI is InChI=1S/C18H10BrCl2F3N4O4/c1-27-15(14(19)16(26-27)18(22,23)24)17(29)25-9-5-10(28(30)31)7-11(6-9)32-13-3-2-8(20)4-12(13)21/h2-7H,1H3,(H,25,29). The molecule has 3 aromatic rings. The number of nitro benzene ring substituents is 1. The van der Waals surface area contributed by atoms with Crippen LogP contribution in [-0.2, 0) is 13.2 Å². The van der Waals surface area contributed by atoms with Crippen LogP contribution in [0.5, 0.6) is 11.5 Å². The molecule has 0 saturated carbocycles. The highest BCUT2D eigenvalue weighted by Crippen LogP contribution is 2.37. The van der Waals surface area contributed by atoms with Crippen molar-refractivity contribution in [3.05, 3.63) is 72.4 Å². The highest BCUT2D eigenvalue weighted by atomic mass is 79.9. The minimum atomic E-state index is -4.79. The van der Waals surface area contributed by atoms with Crippen LogP contribution in [-0.4, -0.2) is 20.6 Å². The molecule has 1 aromatic heterocycles. The molecule has 0 unspecified atom stereocenters. The fourth-order valence-electron chi connectivity index (χ4n) is 2.62. The summed E-state index contributed by atoms with van der Waals surface area (Å²) in [6.07, 6.45) is -4.79. The van der Waals surface area contributed by atoms with Crippen molar-refractivity contribution in [2.24, 2.45) is 7.05 Å². The summed E-state index contributed by atoms with van der Waals surface area (Å²) < 4.78 is 44.9. The lowest BCUT2D eigenvalue weighted by molar-refractivity contribution is -0.384. The van der Waals surface area contributed by atoms with Gasteiger partial charge in [0.2, 0.25) is 0 Å². The number of hydrogen-bond donors (Lipinski definition) is 1. The molecule has 8 nitrogen and oxygen atoms in total. The van der Waals surface area contributed by atoms with Crippen molar-refractivity contribution in [1.82, 2.24) is 9.78 Å². The Morgan fingerprint density at radius 2 is 1.94 bits per heavy atom. The average Bonchev–Trinajstić information content (AvgIpc) is 2.98. The van der Waals surface area contributed by atoms with Crippen LogP contribution in [0.15, 0.2) is 40.9 Å². The van der Waals surface area contributed by atoms with Gasteiger partial charge in [-0.05, 0) is 34.1 Å². The Morgan fingerprint density at radius 3 is 2.50 bits per heavy atom. The molecule has 1 amide bonds. The number of carbonyl (C=O) groups is 1. The number of anilines is 1. The molecule has 0 radical (unpaired) electrons. The third-order valence-corrected chi connectivity index (χ3v) is 5.24. The molecule has 1 heterocycles. The van der Waals surface area contributed by atoms with Gasteiger partial charge in [-0.15, -0.1) is 0 Å². The number of rotatable bonds is 5. The van der Waals surface area contributed by atoms with Gasteiger partial charge in [-0.3, -0.25) is 19.6 Å². The first-order chi connectivity index (χ1) is 14.9. The molecule has 0 aliphatic heterocycles. The highest BCUT2D eigenvalue weighted by molar-refractivity contribution is 9.10. The first kappa shape index (κ1) is 23.8. The van der Waals surface area contributed by atoms with E-state index in [9.17, 15) is 28.1 Å². The number of nitrogens with zero attached hydrogens (tertiary/aromatic N) is 3. The molecule has 0 aliphatic carbocycles. The summed E-state index contributed by atoms with van der Waals surface area (Å²) in [5.74, 6) is -0.907. The fourth-order valence-corrected chi connectivity index (χ4v) is 3.81. The Bertz CT molecular complexity index is 1230. The van der Waals surface area contributed by atoms with Gasteiger partial charge in [-0.25, -0.2) is 0 Å². The summed E-state index contributed by atoms with van der Waals surface area (Å²) in [6.45, 7) is 0. The largest absolute Gasteiger partial charge is 0.455 e. The molecule has 0 atom stereocenters. The molecule has 0 saturated heterocycles. The topological polar surface area (TPSA) is 99.3 Å². The van der Waals surface area contributed by atoms with E-state index in [4.69, 9.17) is 27.9 Å². The van der Waals surface area contributed by atoms with E-state index < -0.39 is 38.6 Å². The van der Waals surface area contributed by atoms with Crippen molar-refractivity contribution < 1.29 is 27.6 Å². The van der Waals surface area contributed by atoms with E-state index in [1.54, 1.807) is 0 Å². The Morgan fingerprint density at radius 1 is 1.25 bits per heavy atom. The van der Waals surface area contributed by atoms with E-state index in [1.807, 2.05) is 0 Å². The summed E-state index contributed by atoms with van der Waals surface area (Å²) in [7, 11) is 1.15. The van der Waals surface area contributed by atoms with Gasteiger partial charge in [0.15, 0.2) is 5.69 Å². The van der Waals surface area contributed by atoms with Crippen molar-refractivity contribution >= 4 is 56.4 Å². The molecule has 0 bridgehead atoms. The van der Waals surface area contributed by atoms with Crippen LogP contribution in [0.4, 0.5) is 24.5 Å². The van der Waals surface area contributed by atoms with E-state index in [2.05, 4.69) is 26.3 Å². The molecular weight excluding hydrogens is 544 g/mol. The Kier molecular flexibility index (Phi) is 6.67. The molecule has 3 rings (SSSR count). The Labute approximate surface area is 196 Å². The number of aryl methyl sites for hydroxylation is 1. The van der Waals surface area contributed by atoms with Crippen molar-refractivity contribution in [3.63, 3.8) is 0 Å². The van der Waals surface area contributed by atoms with Gasteiger partial charge in [-0.1, -0.05) is 23.2 Å². The zero-order valence-corrected chi connectivity index (χ0v) is 18.8. The van der Waals surface area contributed by atoms with Crippen molar-refractivity contribution in [1.29, 1.82) is 0 Å². The van der Waals surface area contributed by atoms with Crippen molar-refractivity contribution in [2.75, 3.05) is 5.32 Å². The number of halogens is 6. The highest BCUT2D eigenvalue weighted by Gasteiger charge is 2.39.